The molecule has 110 valence electrons. The van der Waals surface area contributed by atoms with Gasteiger partial charge in [0.15, 0.2) is 11.6 Å². The Morgan fingerprint density at radius 1 is 1.33 bits per heavy atom. The SMILES string of the molecule is CC(=O)C1=C(C)C(=O)c2c(c(CO)c3n2CCC3O)C1=O. The van der Waals surface area contributed by atoms with Gasteiger partial charge in [-0.25, -0.2) is 0 Å². The lowest BCUT2D eigenvalue weighted by Gasteiger charge is -2.17. The third kappa shape index (κ3) is 1.63. The summed E-state index contributed by atoms with van der Waals surface area (Å²) in [7, 11) is 0. The van der Waals surface area contributed by atoms with Gasteiger partial charge in [0, 0.05) is 17.7 Å². The van der Waals surface area contributed by atoms with Crippen molar-refractivity contribution in [2.75, 3.05) is 0 Å². The van der Waals surface area contributed by atoms with Crippen LogP contribution in [0, 0.1) is 0 Å². The van der Waals surface area contributed by atoms with Crippen molar-refractivity contribution in [1.29, 1.82) is 0 Å². The maximum Gasteiger partial charge on any atom is 0.206 e. The predicted molar refractivity (Wildman–Crippen MR) is 72.0 cm³/mol. The van der Waals surface area contributed by atoms with Gasteiger partial charge in [0.2, 0.25) is 5.78 Å². The molecule has 0 saturated carbocycles. The average Bonchev–Trinajstić information content (AvgIpc) is 2.94. The zero-order chi connectivity index (χ0) is 15.5. The molecule has 2 heterocycles. The normalized spacial score (nSPS) is 20.9. The molecule has 0 saturated heterocycles. The predicted octanol–water partition coefficient (Wildman–Crippen LogP) is 0.702. The lowest BCUT2D eigenvalue weighted by molar-refractivity contribution is -0.113. The molecule has 2 aliphatic rings. The molecule has 0 fully saturated rings. The van der Waals surface area contributed by atoms with Crippen LogP contribution in [0.3, 0.4) is 0 Å². The van der Waals surface area contributed by atoms with Gasteiger partial charge in [0.1, 0.15) is 5.69 Å². The molecule has 0 bridgehead atoms. The fourth-order valence-electron chi connectivity index (χ4n) is 3.34. The molecule has 6 heteroatoms. The topological polar surface area (TPSA) is 96.6 Å². The van der Waals surface area contributed by atoms with Gasteiger partial charge >= 0.3 is 0 Å². The van der Waals surface area contributed by atoms with E-state index in [1.165, 1.54) is 13.8 Å². The van der Waals surface area contributed by atoms with Crippen molar-refractivity contribution in [1.82, 2.24) is 4.57 Å². The number of carbonyl (C=O) groups excluding carboxylic acids is 3. The summed E-state index contributed by atoms with van der Waals surface area (Å²) in [4.78, 5) is 36.8. The van der Waals surface area contributed by atoms with Gasteiger partial charge in [-0.15, -0.1) is 0 Å². The van der Waals surface area contributed by atoms with Crippen LogP contribution in [0.2, 0.25) is 0 Å². The summed E-state index contributed by atoms with van der Waals surface area (Å²) >= 11 is 0. The van der Waals surface area contributed by atoms with Gasteiger partial charge < -0.3 is 14.8 Å². The van der Waals surface area contributed by atoms with Crippen LogP contribution in [-0.2, 0) is 17.9 Å². The Bertz CT molecular complexity index is 738. The quantitative estimate of drug-likeness (QED) is 0.781. The highest BCUT2D eigenvalue weighted by Gasteiger charge is 2.41. The van der Waals surface area contributed by atoms with E-state index in [9.17, 15) is 24.6 Å². The van der Waals surface area contributed by atoms with Crippen LogP contribution in [0.4, 0.5) is 0 Å². The Hall–Kier alpha value is -2.05. The number of rotatable bonds is 2. The van der Waals surface area contributed by atoms with Crippen molar-refractivity contribution in [2.45, 2.75) is 39.5 Å². The second-order valence-electron chi connectivity index (χ2n) is 5.42. The number of aliphatic hydroxyl groups is 2. The molecule has 0 aromatic carbocycles. The van der Waals surface area contributed by atoms with Gasteiger partial charge in [0.05, 0.1) is 29.5 Å². The number of Topliss-reactive ketones (excluding diaryl/α,β-unsaturated/α-hetero) is 3. The number of fused-ring (bicyclic) bond motifs is 3. The van der Waals surface area contributed by atoms with E-state index in [0.717, 1.165) is 0 Å². The number of nitrogens with zero attached hydrogens (tertiary/aromatic N) is 1. The molecule has 0 amide bonds. The summed E-state index contributed by atoms with van der Waals surface area (Å²) < 4.78 is 1.60. The highest BCUT2D eigenvalue weighted by atomic mass is 16.3. The lowest BCUT2D eigenvalue weighted by Crippen LogP contribution is -2.26. The van der Waals surface area contributed by atoms with Crippen molar-refractivity contribution in [3.05, 3.63) is 33.7 Å². The van der Waals surface area contributed by atoms with Crippen LogP contribution in [0.25, 0.3) is 0 Å². The lowest BCUT2D eigenvalue weighted by atomic mass is 9.84. The van der Waals surface area contributed by atoms with Gasteiger partial charge in [0.25, 0.3) is 0 Å². The van der Waals surface area contributed by atoms with E-state index in [1.807, 2.05) is 0 Å². The Morgan fingerprint density at radius 2 is 2.00 bits per heavy atom. The summed E-state index contributed by atoms with van der Waals surface area (Å²) in [6.45, 7) is 2.67. The van der Waals surface area contributed by atoms with E-state index in [1.54, 1.807) is 4.57 Å². The minimum absolute atomic E-state index is 0.0760. The number of aromatic nitrogens is 1. The van der Waals surface area contributed by atoms with E-state index in [4.69, 9.17) is 0 Å². The second kappa shape index (κ2) is 4.47. The van der Waals surface area contributed by atoms with E-state index in [0.29, 0.717) is 18.7 Å². The Labute approximate surface area is 120 Å². The van der Waals surface area contributed by atoms with Crippen molar-refractivity contribution in [3.8, 4) is 0 Å². The molecule has 1 unspecified atom stereocenters. The number of hydrogen-bond acceptors (Lipinski definition) is 5. The van der Waals surface area contributed by atoms with Crippen LogP contribution < -0.4 is 0 Å². The Kier molecular flexibility index (Phi) is 2.96. The van der Waals surface area contributed by atoms with Crippen molar-refractivity contribution >= 4 is 17.3 Å². The Balaban J connectivity index is 2.35. The van der Waals surface area contributed by atoms with Crippen molar-refractivity contribution in [3.63, 3.8) is 0 Å². The largest absolute Gasteiger partial charge is 0.392 e. The molecule has 1 aromatic rings. The number of hydrogen-bond donors (Lipinski definition) is 2. The monoisotopic (exact) mass is 289 g/mol. The number of carbonyl (C=O) groups is 3. The zero-order valence-corrected chi connectivity index (χ0v) is 11.8. The second-order valence-corrected chi connectivity index (χ2v) is 5.42. The molecule has 2 N–H and O–H groups in total. The average molecular weight is 289 g/mol. The molecular weight excluding hydrogens is 274 g/mol. The number of aliphatic hydroxyl groups excluding tert-OH is 2. The fourth-order valence-corrected chi connectivity index (χ4v) is 3.34. The van der Waals surface area contributed by atoms with Gasteiger partial charge in [-0.3, -0.25) is 14.4 Å². The molecule has 6 nitrogen and oxygen atoms in total. The third-order valence-corrected chi connectivity index (χ3v) is 4.25. The first-order valence-corrected chi connectivity index (χ1v) is 6.75. The molecular formula is C15H15NO5. The summed E-state index contributed by atoms with van der Waals surface area (Å²) in [6.07, 6.45) is -0.362. The third-order valence-electron chi connectivity index (χ3n) is 4.25. The first-order chi connectivity index (χ1) is 9.90. The summed E-state index contributed by atoms with van der Waals surface area (Å²) in [5.74, 6) is -1.38. The Morgan fingerprint density at radius 3 is 2.57 bits per heavy atom. The first-order valence-electron chi connectivity index (χ1n) is 6.75. The zero-order valence-electron chi connectivity index (χ0n) is 11.8. The summed E-state index contributed by atoms with van der Waals surface area (Å²) in [6, 6.07) is 0. The molecule has 3 rings (SSSR count). The van der Waals surface area contributed by atoms with E-state index >= 15 is 0 Å². The first kappa shape index (κ1) is 13.9. The smallest absolute Gasteiger partial charge is 0.206 e. The summed E-state index contributed by atoms with van der Waals surface area (Å²) in [5.41, 5.74) is 0.957. The fraction of sp³-hybridized carbons (Fsp3) is 0.400. The van der Waals surface area contributed by atoms with Crippen LogP contribution in [0.1, 0.15) is 58.5 Å². The molecule has 1 aliphatic carbocycles. The van der Waals surface area contributed by atoms with E-state index < -0.39 is 24.3 Å². The highest BCUT2D eigenvalue weighted by Crippen LogP contribution is 2.40. The molecule has 1 atom stereocenters. The molecule has 1 aliphatic heterocycles. The minimum Gasteiger partial charge on any atom is -0.392 e. The standard InChI is InChI=1S/C15H15NO5/c1-6-10(7(2)18)15(21)11-8(5-17)12-9(19)3-4-16(12)13(11)14(6)20/h9,17,19H,3-5H2,1-2H3. The van der Waals surface area contributed by atoms with E-state index in [-0.39, 0.29) is 33.8 Å². The summed E-state index contributed by atoms with van der Waals surface area (Å²) in [5, 5.41) is 19.6. The molecule has 21 heavy (non-hydrogen) atoms. The molecule has 0 spiro atoms. The van der Waals surface area contributed by atoms with Gasteiger partial charge in [-0.05, 0) is 20.3 Å². The minimum atomic E-state index is -0.806. The van der Waals surface area contributed by atoms with Crippen LogP contribution in [0.15, 0.2) is 11.1 Å². The maximum atomic E-state index is 12.6. The van der Waals surface area contributed by atoms with Crippen molar-refractivity contribution < 1.29 is 24.6 Å². The van der Waals surface area contributed by atoms with Crippen LogP contribution in [-0.4, -0.2) is 32.1 Å². The van der Waals surface area contributed by atoms with Crippen LogP contribution >= 0.6 is 0 Å². The van der Waals surface area contributed by atoms with Crippen molar-refractivity contribution in [2.24, 2.45) is 0 Å². The van der Waals surface area contributed by atoms with Gasteiger partial charge in [-0.2, -0.15) is 0 Å². The van der Waals surface area contributed by atoms with Gasteiger partial charge in [-0.1, -0.05) is 0 Å². The number of ketones is 3. The molecule has 0 radical (unpaired) electrons. The molecule has 1 aromatic heterocycles. The van der Waals surface area contributed by atoms with E-state index in [2.05, 4.69) is 0 Å². The number of allylic oxidation sites excluding steroid dienone is 2. The highest BCUT2D eigenvalue weighted by molar-refractivity contribution is 6.36. The maximum absolute atomic E-state index is 12.6. The van der Waals surface area contributed by atoms with Crippen LogP contribution in [0.5, 0.6) is 0 Å².